The van der Waals surface area contributed by atoms with Crippen LogP contribution >= 0.6 is 0 Å². The lowest BCUT2D eigenvalue weighted by atomic mass is 9.94. The topological polar surface area (TPSA) is 189 Å². The van der Waals surface area contributed by atoms with Gasteiger partial charge in [-0.25, -0.2) is 0 Å². The molecular weight excluding hydrogens is 891 g/mol. The molecule has 5 heterocycles. The maximum absolute atomic E-state index is 12.7. The summed E-state index contributed by atoms with van der Waals surface area (Å²) < 4.78 is 86.2. The zero-order valence-corrected chi connectivity index (χ0v) is 41.0. The van der Waals surface area contributed by atoms with Gasteiger partial charge in [-0.1, -0.05) is 125 Å². The quantitative estimate of drug-likeness (QED) is 0.0294. The van der Waals surface area contributed by atoms with Gasteiger partial charge in [-0.15, -0.1) is 6.58 Å². The van der Waals surface area contributed by atoms with E-state index in [1.807, 2.05) is 73.7 Å². The van der Waals surface area contributed by atoms with Crippen LogP contribution in [0.2, 0.25) is 0 Å². The molecule has 17 heteroatoms. The predicted molar refractivity (Wildman–Crippen MR) is 254 cm³/mol. The van der Waals surface area contributed by atoms with Gasteiger partial charge in [-0.2, -0.15) is 0 Å². The third-order valence-corrected chi connectivity index (χ3v) is 13.3. The summed E-state index contributed by atoms with van der Waals surface area (Å²) >= 11 is 0. The molecule has 0 spiro atoms. The number of ether oxygens (including phenoxy) is 13. The van der Waals surface area contributed by atoms with E-state index in [9.17, 15) is 10.6 Å². The number of hydrogen-bond donors (Lipinski definition) is 1. The van der Waals surface area contributed by atoms with Crippen molar-refractivity contribution in [2.24, 2.45) is 5.11 Å². The fraction of sp³-hybridized carbons (Fsp3) is 0.731. The second kappa shape index (κ2) is 28.2. The van der Waals surface area contributed by atoms with Crippen LogP contribution in [0.25, 0.3) is 10.4 Å². The molecule has 0 amide bonds. The maximum Gasteiger partial charge on any atom is 0.187 e. The molecule has 5 aliphatic rings. The summed E-state index contributed by atoms with van der Waals surface area (Å²) in [5.41, 5.74) is 11.7. The van der Waals surface area contributed by atoms with Gasteiger partial charge in [0.15, 0.2) is 31.5 Å². The molecule has 1 N–H and O–H groups in total. The summed E-state index contributed by atoms with van der Waals surface area (Å²) in [5.74, 6) is 0. The summed E-state index contributed by atoms with van der Waals surface area (Å²) in [5, 5.41) is 17.0. The van der Waals surface area contributed by atoms with Crippen LogP contribution in [0, 0.1) is 0 Å². The van der Waals surface area contributed by atoms with Crippen molar-refractivity contribution in [3.63, 3.8) is 0 Å². The molecule has 5 saturated heterocycles. The highest BCUT2D eigenvalue weighted by Gasteiger charge is 2.58. The number of azide groups is 1. The number of rotatable bonds is 27. The Hall–Kier alpha value is -3.07. The zero-order chi connectivity index (χ0) is 48.4. The molecule has 0 radical (unpaired) electrons. The summed E-state index contributed by atoms with van der Waals surface area (Å²) in [6.07, 6.45) is -2.27. The van der Waals surface area contributed by atoms with Crippen LogP contribution in [-0.2, 0) is 61.6 Å². The van der Waals surface area contributed by atoms with Crippen LogP contribution in [0.3, 0.4) is 0 Å². The fourth-order valence-electron chi connectivity index (χ4n) is 9.44. The van der Waals surface area contributed by atoms with Crippen molar-refractivity contribution in [1.29, 1.82) is 0 Å². The molecule has 5 fully saturated rings. The Kier molecular flexibility index (Phi) is 22.0. The molecule has 17 nitrogen and oxygen atoms in total. The molecule has 384 valence electrons. The van der Waals surface area contributed by atoms with Gasteiger partial charge < -0.3 is 66.7 Å². The first-order valence-corrected chi connectivity index (χ1v) is 25.6. The Morgan fingerprint density at radius 1 is 0.609 bits per heavy atom. The van der Waals surface area contributed by atoms with Gasteiger partial charge in [-0.05, 0) is 51.0 Å². The summed E-state index contributed by atoms with van der Waals surface area (Å²) in [7, 11) is 0. The Morgan fingerprint density at radius 2 is 1.13 bits per heavy atom. The largest absolute Gasteiger partial charge is 0.387 e. The van der Waals surface area contributed by atoms with Crippen molar-refractivity contribution in [2.45, 2.75) is 203 Å². The van der Waals surface area contributed by atoms with Crippen LogP contribution in [0.1, 0.15) is 122 Å². The van der Waals surface area contributed by atoms with E-state index in [1.54, 1.807) is 0 Å². The minimum absolute atomic E-state index is 0.0657. The predicted octanol–water partition coefficient (Wildman–Crippen LogP) is 8.93. The van der Waals surface area contributed by atoms with E-state index in [1.165, 1.54) is 0 Å². The van der Waals surface area contributed by atoms with Crippen LogP contribution in [-0.4, -0.2) is 137 Å². The molecule has 8 unspecified atom stereocenters. The standard InChI is InChI=1S/C52H77N3O14/c1-6-10-14-15-16-23-31-60-50-39(54-55-53)44(43-38(64-50)33-62-49(67-43)36-26-21-18-22-27-36)68-51-45(40(56)42-37(65-51)32-61-48(66-42)35-24-19-17-20-25-35)69-52-47(59-30-13-9-4)46(58-29-12-8-3)41(34(5)63-52)57-28-11-7-2/h6,17-22,24-27,34,37-52,56H,1,7-16,23,28-33H2,2-5H3/t34?,37?,38?,39-,40?,41+,42-,43+,44?,45-,46?,47-,48?,49?,50+,51-,52-/m0/s1. The number of benzene rings is 2. The molecule has 17 atom stereocenters. The van der Waals surface area contributed by atoms with Gasteiger partial charge >= 0.3 is 0 Å². The molecule has 0 aromatic heterocycles. The average Bonchev–Trinajstić information content (AvgIpc) is 3.37. The molecular formula is C52H77N3O14. The number of fused-ring (bicyclic) bond motifs is 2. The van der Waals surface area contributed by atoms with E-state index in [0.29, 0.717) is 26.4 Å². The van der Waals surface area contributed by atoms with Crippen LogP contribution < -0.4 is 0 Å². The van der Waals surface area contributed by atoms with E-state index < -0.39 is 105 Å². The molecule has 2 aromatic carbocycles. The van der Waals surface area contributed by atoms with Crippen LogP contribution in [0.15, 0.2) is 78.4 Å². The fourth-order valence-corrected chi connectivity index (χ4v) is 9.44. The molecule has 0 saturated carbocycles. The molecule has 2 aromatic rings. The lowest BCUT2D eigenvalue weighted by Crippen LogP contribution is -2.68. The van der Waals surface area contributed by atoms with E-state index in [4.69, 9.17) is 61.6 Å². The lowest BCUT2D eigenvalue weighted by Gasteiger charge is -2.53. The van der Waals surface area contributed by atoms with Gasteiger partial charge in [0.1, 0.15) is 67.1 Å². The Bertz CT molecular complexity index is 1820. The van der Waals surface area contributed by atoms with Crippen molar-refractivity contribution in [2.75, 3.05) is 39.6 Å². The highest BCUT2D eigenvalue weighted by atomic mass is 16.8. The maximum atomic E-state index is 12.7. The number of aliphatic hydroxyl groups is 1. The van der Waals surface area contributed by atoms with E-state index in [0.717, 1.165) is 81.8 Å². The second-order valence-corrected chi connectivity index (χ2v) is 18.5. The van der Waals surface area contributed by atoms with Gasteiger partial charge in [0.2, 0.25) is 0 Å². The third-order valence-electron chi connectivity index (χ3n) is 13.3. The molecule has 69 heavy (non-hydrogen) atoms. The monoisotopic (exact) mass is 968 g/mol. The molecule has 0 aliphatic carbocycles. The van der Waals surface area contributed by atoms with Crippen molar-refractivity contribution in [3.05, 3.63) is 94.9 Å². The minimum Gasteiger partial charge on any atom is -0.387 e. The molecule has 0 bridgehead atoms. The first-order valence-electron chi connectivity index (χ1n) is 25.6. The summed E-state index contributed by atoms with van der Waals surface area (Å²) in [4.78, 5) is 3.27. The number of unbranched alkanes of at least 4 members (excludes halogenated alkanes) is 7. The first kappa shape index (κ1) is 53.7. The third kappa shape index (κ3) is 14.3. The van der Waals surface area contributed by atoms with E-state index in [2.05, 4.69) is 37.4 Å². The van der Waals surface area contributed by atoms with Gasteiger partial charge in [-0.3, -0.25) is 0 Å². The smallest absolute Gasteiger partial charge is 0.187 e. The Labute approximate surface area is 408 Å². The number of allylic oxidation sites excluding steroid dienone is 1. The number of nitrogens with zero attached hydrogens (tertiary/aromatic N) is 3. The van der Waals surface area contributed by atoms with E-state index in [-0.39, 0.29) is 13.2 Å². The Morgan fingerprint density at radius 3 is 1.74 bits per heavy atom. The average molecular weight is 968 g/mol. The minimum atomic E-state index is -1.36. The normalized spacial score (nSPS) is 35.6. The molecule has 5 aliphatic heterocycles. The van der Waals surface area contributed by atoms with Crippen molar-refractivity contribution < 1.29 is 66.7 Å². The highest BCUT2D eigenvalue weighted by molar-refractivity contribution is 5.18. The summed E-state index contributed by atoms with van der Waals surface area (Å²) in [6.45, 7) is 14.1. The number of aliphatic hydroxyl groups excluding tert-OH is 1. The SMILES string of the molecule is C=CCCCCCCO[C@@H]1OC2COC(c3ccccc3)O[C@H]2C(O[C@@H]2OC3COC(c4ccccc4)O[C@@H]3C(O)[C@@H]2O[C@@H]2OC(C)[C@@H](OCCCC)C(OCCCC)[C@@H]2OCCCC)[C@@H]1N=[N+]=[N-]. The summed E-state index contributed by atoms with van der Waals surface area (Å²) in [6, 6.07) is 18.0. The van der Waals surface area contributed by atoms with Crippen molar-refractivity contribution >= 4 is 0 Å². The highest BCUT2D eigenvalue weighted by Crippen LogP contribution is 2.42. The van der Waals surface area contributed by atoms with E-state index >= 15 is 0 Å². The van der Waals surface area contributed by atoms with Crippen molar-refractivity contribution in [3.8, 4) is 0 Å². The van der Waals surface area contributed by atoms with Crippen molar-refractivity contribution in [1.82, 2.24) is 0 Å². The van der Waals surface area contributed by atoms with Crippen LogP contribution in [0.4, 0.5) is 0 Å². The van der Waals surface area contributed by atoms with Gasteiger partial charge in [0.25, 0.3) is 0 Å². The first-order chi connectivity index (χ1) is 33.9. The van der Waals surface area contributed by atoms with Gasteiger partial charge in [0.05, 0.1) is 19.3 Å². The second-order valence-electron chi connectivity index (χ2n) is 18.5. The van der Waals surface area contributed by atoms with Gasteiger partial charge in [0, 0.05) is 42.5 Å². The Balaban J connectivity index is 1.22. The zero-order valence-electron chi connectivity index (χ0n) is 41.0. The lowest BCUT2D eigenvalue weighted by molar-refractivity contribution is -0.413. The molecule has 7 rings (SSSR count). The number of hydrogen-bond acceptors (Lipinski definition) is 15. The van der Waals surface area contributed by atoms with Crippen LogP contribution in [0.5, 0.6) is 0 Å².